The number of nitrogens with zero attached hydrogens (tertiary/aromatic N) is 1. The Morgan fingerprint density at radius 2 is 2.36 bits per heavy atom. The van der Waals surface area contributed by atoms with Gasteiger partial charge in [-0.25, -0.2) is 13.1 Å². The molecule has 1 fully saturated rings. The minimum absolute atomic E-state index is 0.0235. The number of hydrogen-bond donors (Lipinski definition) is 2. The van der Waals surface area contributed by atoms with E-state index in [9.17, 15) is 8.42 Å². The molecule has 1 saturated heterocycles. The summed E-state index contributed by atoms with van der Waals surface area (Å²) in [6.07, 6.45) is 1.57. The van der Waals surface area contributed by atoms with Crippen LogP contribution in [0.15, 0.2) is 0 Å². The molecule has 1 aliphatic rings. The zero-order chi connectivity index (χ0) is 10.6. The first-order valence-electron chi connectivity index (χ1n) is 4.64. The van der Waals surface area contributed by atoms with E-state index in [1.54, 1.807) is 6.07 Å². The second kappa shape index (κ2) is 4.73. The Morgan fingerprint density at radius 1 is 1.64 bits per heavy atom. The molecule has 1 heterocycles. The molecule has 2 unspecified atom stereocenters. The van der Waals surface area contributed by atoms with Gasteiger partial charge in [0, 0.05) is 12.1 Å². The Labute approximate surface area is 84.5 Å². The minimum Gasteiger partial charge on any atom is -0.314 e. The summed E-state index contributed by atoms with van der Waals surface area (Å²) in [7, 11) is -3.39. The molecular formula is C8H15N3O2S. The van der Waals surface area contributed by atoms with Crippen molar-refractivity contribution in [1.29, 1.82) is 5.26 Å². The topological polar surface area (TPSA) is 82.0 Å². The Balaban J connectivity index is 2.48. The van der Waals surface area contributed by atoms with E-state index in [1.165, 1.54) is 0 Å². The van der Waals surface area contributed by atoms with Crippen molar-refractivity contribution in [3.63, 3.8) is 0 Å². The van der Waals surface area contributed by atoms with Gasteiger partial charge in [0.15, 0.2) is 5.75 Å². The van der Waals surface area contributed by atoms with E-state index in [4.69, 9.17) is 5.26 Å². The van der Waals surface area contributed by atoms with Crippen molar-refractivity contribution in [2.75, 3.05) is 12.3 Å². The molecule has 0 aromatic heterocycles. The summed E-state index contributed by atoms with van der Waals surface area (Å²) in [5.41, 5.74) is 0. The van der Waals surface area contributed by atoms with E-state index in [2.05, 4.69) is 10.0 Å². The van der Waals surface area contributed by atoms with Crippen LogP contribution < -0.4 is 10.0 Å². The Hall–Kier alpha value is -0.640. The molecule has 1 aliphatic heterocycles. The third-order valence-electron chi connectivity index (χ3n) is 2.22. The van der Waals surface area contributed by atoms with Gasteiger partial charge in [0.05, 0.1) is 6.07 Å². The fourth-order valence-corrected chi connectivity index (χ4v) is 2.59. The molecule has 6 heteroatoms. The number of piperidine rings is 1. The lowest BCUT2D eigenvalue weighted by atomic mass is 10.0. The number of rotatable bonds is 3. The molecule has 0 aliphatic carbocycles. The molecule has 0 aromatic rings. The lowest BCUT2D eigenvalue weighted by molar-refractivity contribution is 0.361. The Kier molecular flexibility index (Phi) is 3.86. The van der Waals surface area contributed by atoms with Crippen molar-refractivity contribution in [3.05, 3.63) is 0 Å². The maximum absolute atomic E-state index is 11.3. The SMILES string of the molecule is CC1CC(NS(=O)(=O)CC#N)CCN1. The Morgan fingerprint density at radius 3 is 2.93 bits per heavy atom. The van der Waals surface area contributed by atoms with E-state index in [0.717, 1.165) is 19.4 Å². The first-order chi connectivity index (χ1) is 6.53. The fourth-order valence-electron chi connectivity index (χ4n) is 1.62. The van der Waals surface area contributed by atoms with Crippen molar-refractivity contribution < 1.29 is 8.42 Å². The zero-order valence-corrected chi connectivity index (χ0v) is 8.97. The Bertz CT molecular complexity index is 320. The lowest BCUT2D eigenvalue weighted by Gasteiger charge is -2.28. The van der Waals surface area contributed by atoms with E-state index >= 15 is 0 Å². The number of hydrogen-bond acceptors (Lipinski definition) is 4. The van der Waals surface area contributed by atoms with Crippen LogP contribution in [0.2, 0.25) is 0 Å². The van der Waals surface area contributed by atoms with Gasteiger partial charge >= 0.3 is 0 Å². The molecule has 0 saturated carbocycles. The van der Waals surface area contributed by atoms with Crippen LogP contribution in [0.3, 0.4) is 0 Å². The first-order valence-corrected chi connectivity index (χ1v) is 6.29. The fraction of sp³-hybridized carbons (Fsp3) is 0.875. The van der Waals surface area contributed by atoms with Gasteiger partial charge in [-0.05, 0) is 26.3 Å². The molecule has 80 valence electrons. The molecule has 14 heavy (non-hydrogen) atoms. The van der Waals surface area contributed by atoms with Gasteiger partial charge < -0.3 is 5.32 Å². The quantitative estimate of drug-likeness (QED) is 0.672. The highest BCUT2D eigenvalue weighted by molar-refractivity contribution is 7.89. The molecule has 0 amide bonds. The molecule has 2 atom stereocenters. The van der Waals surface area contributed by atoms with Crippen LogP contribution in [0.5, 0.6) is 0 Å². The number of sulfonamides is 1. The molecule has 2 N–H and O–H groups in total. The standard InChI is InChI=1S/C8H15N3O2S/c1-7-6-8(2-4-10-7)11-14(12,13)5-3-9/h7-8,10-11H,2,4-6H2,1H3. The zero-order valence-electron chi connectivity index (χ0n) is 8.16. The minimum atomic E-state index is -3.39. The third-order valence-corrected chi connectivity index (χ3v) is 3.43. The van der Waals surface area contributed by atoms with Crippen LogP contribution in [0.4, 0.5) is 0 Å². The van der Waals surface area contributed by atoms with Gasteiger partial charge in [-0.2, -0.15) is 5.26 Å². The highest BCUT2D eigenvalue weighted by Gasteiger charge is 2.22. The first kappa shape index (κ1) is 11.4. The monoisotopic (exact) mass is 217 g/mol. The van der Waals surface area contributed by atoms with Crippen LogP contribution >= 0.6 is 0 Å². The molecule has 0 bridgehead atoms. The predicted octanol–water partition coefficient (Wildman–Crippen LogP) is -0.430. The van der Waals surface area contributed by atoms with Gasteiger partial charge in [0.1, 0.15) is 0 Å². The molecule has 1 rings (SSSR count). The number of nitrogens with one attached hydrogen (secondary N) is 2. The van der Waals surface area contributed by atoms with E-state index in [1.807, 2.05) is 6.92 Å². The summed E-state index contributed by atoms with van der Waals surface area (Å²) < 4.78 is 25.0. The third kappa shape index (κ3) is 3.62. The van der Waals surface area contributed by atoms with Crippen LogP contribution in [0.25, 0.3) is 0 Å². The van der Waals surface area contributed by atoms with Gasteiger partial charge in [0.25, 0.3) is 0 Å². The van der Waals surface area contributed by atoms with E-state index in [-0.39, 0.29) is 6.04 Å². The maximum atomic E-state index is 11.3. The van der Waals surface area contributed by atoms with Gasteiger partial charge in [-0.1, -0.05) is 0 Å². The van der Waals surface area contributed by atoms with Gasteiger partial charge in [0.2, 0.25) is 10.0 Å². The van der Waals surface area contributed by atoms with Gasteiger partial charge in [-0.15, -0.1) is 0 Å². The van der Waals surface area contributed by atoms with E-state index in [0.29, 0.717) is 6.04 Å². The van der Waals surface area contributed by atoms with Gasteiger partial charge in [-0.3, -0.25) is 0 Å². The predicted molar refractivity (Wildman–Crippen MR) is 53.0 cm³/mol. The lowest BCUT2D eigenvalue weighted by Crippen LogP contribution is -2.46. The van der Waals surface area contributed by atoms with Crippen molar-refractivity contribution >= 4 is 10.0 Å². The summed E-state index contributed by atoms with van der Waals surface area (Å²) in [5, 5.41) is 11.5. The molecular weight excluding hydrogens is 202 g/mol. The molecule has 5 nitrogen and oxygen atoms in total. The van der Waals surface area contributed by atoms with Crippen molar-refractivity contribution in [2.24, 2.45) is 0 Å². The summed E-state index contributed by atoms with van der Waals surface area (Å²) in [6, 6.07) is 1.95. The maximum Gasteiger partial charge on any atom is 0.225 e. The van der Waals surface area contributed by atoms with Crippen molar-refractivity contribution in [1.82, 2.24) is 10.0 Å². The molecule has 0 aromatic carbocycles. The summed E-state index contributed by atoms with van der Waals surface area (Å²) >= 11 is 0. The van der Waals surface area contributed by atoms with Crippen LogP contribution in [0.1, 0.15) is 19.8 Å². The van der Waals surface area contributed by atoms with Crippen LogP contribution in [-0.4, -0.2) is 32.8 Å². The number of nitriles is 1. The largest absolute Gasteiger partial charge is 0.314 e. The summed E-state index contributed by atoms with van der Waals surface area (Å²) in [6.45, 7) is 2.84. The van der Waals surface area contributed by atoms with Crippen molar-refractivity contribution in [3.8, 4) is 6.07 Å². The van der Waals surface area contributed by atoms with Crippen LogP contribution in [0, 0.1) is 11.3 Å². The average molecular weight is 217 g/mol. The second-order valence-corrected chi connectivity index (χ2v) is 5.37. The highest BCUT2D eigenvalue weighted by Crippen LogP contribution is 2.09. The summed E-state index contributed by atoms with van der Waals surface area (Å²) in [4.78, 5) is 0. The second-order valence-electron chi connectivity index (χ2n) is 3.61. The normalized spacial score (nSPS) is 28.3. The molecule has 0 spiro atoms. The smallest absolute Gasteiger partial charge is 0.225 e. The van der Waals surface area contributed by atoms with Crippen molar-refractivity contribution in [2.45, 2.75) is 31.8 Å². The molecule has 0 radical (unpaired) electrons. The van der Waals surface area contributed by atoms with Crippen LogP contribution in [-0.2, 0) is 10.0 Å². The van der Waals surface area contributed by atoms with E-state index < -0.39 is 15.8 Å². The summed E-state index contributed by atoms with van der Waals surface area (Å²) in [5.74, 6) is -0.453. The average Bonchev–Trinajstić information content (AvgIpc) is 2.02. The highest BCUT2D eigenvalue weighted by atomic mass is 32.2.